The van der Waals surface area contributed by atoms with Gasteiger partial charge >= 0.3 is 0 Å². The van der Waals surface area contributed by atoms with Gasteiger partial charge in [0.1, 0.15) is 5.75 Å². The minimum Gasteiger partial charge on any atom is -0.497 e. The third-order valence-electron chi connectivity index (χ3n) is 5.52. The zero-order chi connectivity index (χ0) is 21.2. The molecule has 30 heavy (non-hydrogen) atoms. The Morgan fingerprint density at radius 2 is 1.70 bits per heavy atom. The van der Waals surface area contributed by atoms with Gasteiger partial charge in [-0.3, -0.25) is 9.69 Å². The van der Waals surface area contributed by atoms with Gasteiger partial charge in [-0.25, -0.2) is 0 Å². The molecule has 2 aromatic carbocycles. The average Bonchev–Trinajstić information content (AvgIpc) is 2.80. The number of hydrogen-bond donors (Lipinski definition) is 0. The molecule has 2 aromatic rings. The fraction of sp³-hybridized carbons (Fsp3) is 0.417. The average molecular weight is 407 g/mol. The number of nitriles is 1. The van der Waals surface area contributed by atoms with E-state index in [-0.39, 0.29) is 5.91 Å². The van der Waals surface area contributed by atoms with Gasteiger partial charge in [-0.2, -0.15) is 5.26 Å². The van der Waals surface area contributed by atoms with Crippen molar-refractivity contribution in [3.05, 3.63) is 60.2 Å². The third-order valence-corrected chi connectivity index (χ3v) is 5.52. The van der Waals surface area contributed by atoms with Crippen molar-refractivity contribution in [2.24, 2.45) is 0 Å². The van der Waals surface area contributed by atoms with E-state index in [1.54, 1.807) is 12.0 Å². The van der Waals surface area contributed by atoms with Gasteiger partial charge in [-0.1, -0.05) is 30.3 Å². The Labute approximate surface area is 179 Å². The van der Waals surface area contributed by atoms with E-state index in [2.05, 4.69) is 28.0 Å². The molecule has 3 rings (SSSR count). The van der Waals surface area contributed by atoms with Crippen molar-refractivity contribution in [2.45, 2.75) is 12.8 Å². The second-order valence-corrected chi connectivity index (χ2v) is 7.50. The van der Waals surface area contributed by atoms with Crippen LogP contribution in [0.15, 0.2) is 54.6 Å². The number of carbonyl (C=O) groups excluding carboxylic acids is 1. The Kier molecular flexibility index (Phi) is 8.25. The van der Waals surface area contributed by atoms with E-state index in [0.717, 1.165) is 50.6 Å². The number of nitrogens with zero attached hydrogens (tertiary/aromatic N) is 4. The van der Waals surface area contributed by atoms with Crippen LogP contribution in [0, 0.1) is 11.3 Å². The number of hydrogen-bond acceptors (Lipinski definition) is 5. The number of anilines is 1. The summed E-state index contributed by atoms with van der Waals surface area (Å²) in [5, 5.41) is 8.94. The van der Waals surface area contributed by atoms with Gasteiger partial charge in [-0.05, 0) is 36.2 Å². The molecule has 1 aliphatic rings. The summed E-state index contributed by atoms with van der Waals surface area (Å²) in [6.07, 6.45) is 1.35. The van der Waals surface area contributed by atoms with Gasteiger partial charge in [0.05, 0.1) is 26.1 Å². The van der Waals surface area contributed by atoms with E-state index < -0.39 is 0 Å². The number of amides is 1. The lowest BCUT2D eigenvalue weighted by Crippen LogP contribution is -2.50. The largest absolute Gasteiger partial charge is 0.497 e. The molecule has 0 radical (unpaired) electrons. The Morgan fingerprint density at radius 3 is 2.33 bits per heavy atom. The third kappa shape index (κ3) is 6.31. The molecule has 0 bridgehead atoms. The first-order valence-corrected chi connectivity index (χ1v) is 10.5. The van der Waals surface area contributed by atoms with Crippen molar-refractivity contribution >= 4 is 11.6 Å². The van der Waals surface area contributed by atoms with E-state index in [1.807, 2.05) is 42.5 Å². The molecule has 1 amide bonds. The highest BCUT2D eigenvalue weighted by molar-refractivity contribution is 5.94. The highest BCUT2D eigenvalue weighted by Gasteiger charge is 2.22. The Hall–Kier alpha value is -2.88. The SMILES string of the molecule is COc1ccc(CCN2CCN(CC(=O)N(CCC#N)c3ccccc3)CC2)cc1. The van der Waals surface area contributed by atoms with Crippen LogP contribution in [-0.4, -0.2) is 68.6 Å². The molecule has 158 valence electrons. The molecule has 0 saturated carbocycles. The normalized spacial score (nSPS) is 14.8. The van der Waals surface area contributed by atoms with Crippen molar-refractivity contribution < 1.29 is 9.53 Å². The molecular weight excluding hydrogens is 376 g/mol. The van der Waals surface area contributed by atoms with E-state index >= 15 is 0 Å². The molecule has 0 aromatic heterocycles. The van der Waals surface area contributed by atoms with Gasteiger partial charge in [0, 0.05) is 45.0 Å². The molecule has 6 heteroatoms. The minimum absolute atomic E-state index is 0.0585. The predicted octanol–water partition coefficient (Wildman–Crippen LogP) is 2.80. The molecule has 0 aliphatic carbocycles. The number of piperazine rings is 1. The lowest BCUT2D eigenvalue weighted by atomic mass is 10.1. The summed E-state index contributed by atoms with van der Waals surface area (Å²) < 4.78 is 5.21. The van der Waals surface area contributed by atoms with Crippen LogP contribution in [0.25, 0.3) is 0 Å². The fourth-order valence-electron chi connectivity index (χ4n) is 3.69. The maximum Gasteiger partial charge on any atom is 0.241 e. The van der Waals surface area contributed by atoms with E-state index in [1.165, 1.54) is 5.56 Å². The maximum absolute atomic E-state index is 12.9. The zero-order valence-corrected chi connectivity index (χ0v) is 17.7. The first-order chi connectivity index (χ1) is 14.7. The van der Waals surface area contributed by atoms with Gasteiger partial charge in [0.15, 0.2) is 0 Å². The van der Waals surface area contributed by atoms with Crippen molar-refractivity contribution in [3.63, 3.8) is 0 Å². The summed E-state index contributed by atoms with van der Waals surface area (Å²) in [7, 11) is 1.68. The van der Waals surface area contributed by atoms with Gasteiger partial charge in [-0.15, -0.1) is 0 Å². The summed E-state index contributed by atoms with van der Waals surface area (Å²) in [5.41, 5.74) is 2.17. The first-order valence-electron chi connectivity index (χ1n) is 10.5. The summed E-state index contributed by atoms with van der Waals surface area (Å²) in [5.74, 6) is 0.944. The summed E-state index contributed by atoms with van der Waals surface area (Å²) >= 11 is 0. The monoisotopic (exact) mass is 406 g/mol. The molecule has 1 heterocycles. The number of benzene rings is 2. The van der Waals surface area contributed by atoms with Crippen LogP contribution in [0.4, 0.5) is 5.69 Å². The second-order valence-electron chi connectivity index (χ2n) is 7.50. The molecule has 0 N–H and O–H groups in total. The number of methoxy groups -OCH3 is 1. The molecule has 6 nitrogen and oxygen atoms in total. The minimum atomic E-state index is 0.0585. The number of para-hydroxylation sites is 1. The van der Waals surface area contributed by atoms with E-state index in [4.69, 9.17) is 10.00 Å². The van der Waals surface area contributed by atoms with Crippen LogP contribution in [0.1, 0.15) is 12.0 Å². The van der Waals surface area contributed by atoms with E-state index in [9.17, 15) is 4.79 Å². The molecule has 0 spiro atoms. The quantitative estimate of drug-likeness (QED) is 0.641. The van der Waals surface area contributed by atoms with Gasteiger partial charge in [0.25, 0.3) is 0 Å². The topological polar surface area (TPSA) is 59.8 Å². The van der Waals surface area contributed by atoms with Crippen molar-refractivity contribution in [2.75, 3.05) is 57.8 Å². The first kappa shape index (κ1) is 21.8. The second kappa shape index (κ2) is 11.3. The maximum atomic E-state index is 12.9. The summed E-state index contributed by atoms with van der Waals surface area (Å²) in [4.78, 5) is 19.3. The lowest BCUT2D eigenvalue weighted by Gasteiger charge is -2.35. The van der Waals surface area contributed by atoms with Crippen LogP contribution >= 0.6 is 0 Å². The number of ether oxygens (including phenoxy) is 1. The molecule has 1 fully saturated rings. The molecule has 0 atom stereocenters. The highest BCUT2D eigenvalue weighted by Crippen LogP contribution is 2.15. The van der Waals surface area contributed by atoms with Crippen LogP contribution in [0.2, 0.25) is 0 Å². The van der Waals surface area contributed by atoms with Crippen molar-refractivity contribution in [1.82, 2.24) is 9.80 Å². The van der Waals surface area contributed by atoms with Crippen molar-refractivity contribution in [3.8, 4) is 11.8 Å². The summed E-state index contributed by atoms with van der Waals surface area (Å²) in [6, 6.07) is 20.0. The smallest absolute Gasteiger partial charge is 0.241 e. The number of rotatable bonds is 9. The lowest BCUT2D eigenvalue weighted by molar-refractivity contribution is -0.120. The highest BCUT2D eigenvalue weighted by atomic mass is 16.5. The molecule has 1 saturated heterocycles. The van der Waals surface area contributed by atoms with Gasteiger partial charge in [0.2, 0.25) is 5.91 Å². The van der Waals surface area contributed by atoms with Crippen LogP contribution in [0.5, 0.6) is 5.75 Å². The predicted molar refractivity (Wildman–Crippen MR) is 119 cm³/mol. The van der Waals surface area contributed by atoms with Crippen molar-refractivity contribution in [1.29, 1.82) is 5.26 Å². The molecule has 1 aliphatic heterocycles. The van der Waals surface area contributed by atoms with Crippen LogP contribution in [-0.2, 0) is 11.2 Å². The number of carbonyl (C=O) groups is 1. The van der Waals surface area contributed by atoms with Crippen LogP contribution < -0.4 is 9.64 Å². The molecular formula is C24H30N4O2. The molecule has 0 unspecified atom stereocenters. The standard InChI is InChI=1S/C24H30N4O2/c1-30-23-10-8-21(9-11-23)12-15-26-16-18-27(19-17-26)20-24(29)28(14-5-13-25)22-6-3-2-4-7-22/h2-4,6-11H,5,12,14-20H2,1H3. The fourth-order valence-corrected chi connectivity index (χ4v) is 3.69. The van der Waals surface area contributed by atoms with Crippen LogP contribution in [0.3, 0.4) is 0 Å². The Balaban J connectivity index is 1.45. The van der Waals surface area contributed by atoms with Gasteiger partial charge < -0.3 is 14.5 Å². The Morgan fingerprint density at radius 1 is 1.03 bits per heavy atom. The summed E-state index contributed by atoms with van der Waals surface area (Å²) in [6.45, 7) is 5.55. The Bertz CT molecular complexity index is 825. The zero-order valence-electron chi connectivity index (χ0n) is 17.7. The van der Waals surface area contributed by atoms with E-state index in [0.29, 0.717) is 19.5 Å².